The van der Waals surface area contributed by atoms with Crippen LogP contribution in [0.1, 0.15) is 0 Å². The van der Waals surface area contributed by atoms with Gasteiger partial charge in [-0.05, 0) is 18.5 Å². The molecule has 18 heavy (non-hydrogen) atoms. The van der Waals surface area contributed by atoms with Gasteiger partial charge in [0.15, 0.2) is 0 Å². The molecular formula is C7H2F2O9. The Hall–Kier alpha value is -2.77. The van der Waals surface area contributed by atoms with Crippen molar-refractivity contribution in [3.05, 3.63) is 14.4 Å². The van der Waals surface area contributed by atoms with E-state index >= 15 is 0 Å². The first-order valence-corrected chi connectivity index (χ1v) is 2.55. The van der Waals surface area contributed by atoms with Crippen LogP contribution in [0.4, 0.5) is 23.2 Å². The van der Waals surface area contributed by atoms with Gasteiger partial charge in [0, 0.05) is 0 Å². The van der Waals surface area contributed by atoms with Crippen molar-refractivity contribution in [2.24, 2.45) is 0 Å². The Morgan fingerprint density at radius 3 is 0.611 bits per heavy atom. The van der Waals surface area contributed by atoms with Gasteiger partial charge in [-0.15, -0.1) is 12.8 Å². The molecule has 0 aromatic heterocycles. The van der Waals surface area contributed by atoms with Gasteiger partial charge in [-0.25, -0.2) is 0 Å². The van der Waals surface area contributed by atoms with Gasteiger partial charge in [-0.2, -0.15) is 0 Å². The van der Waals surface area contributed by atoms with Crippen LogP contribution in [0.25, 0.3) is 0 Å². The summed E-state index contributed by atoms with van der Waals surface area (Å²) in [4.78, 5) is 25.0. The maximum atomic E-state index is 8.75. The number of halogens is 2. The third-order valence-corrected chi connectivity index (χ3v) is 0. The van der Waals surface area contributed by atoms with E-state index in [4.69, 9.17) is 53.8 Å². The van der Waals surface area contributed by atoms with Crippen LogP contribution in [-0.4, -0.2) is 18.5 Å². The molecule has 0 saturated heterocycles. The number of terminal acetylenes is 1. The predicted octanol–water partition coefficient (Wildman–Crippen LogP) is -6.09. The number of hydrogen-bond acceptors (Lipinski definition) is 9. The molecule has 9 nitrogen and oxygen atoms in total. The van der Waals surface area contributed by atoms with E-state index in [1.54, 1.807) is 0 Å². The molecule has 0 atom stereocenters. The van der Waals surface area contributed by atoms with Crippen LogP contribution in [0.15, 0.2) is 0 Å². The van der Waals surface area contributed by atoms with Crippen LogP contribution in [0.2, 0.25) is 0 Å². The van der Waals surface area contributed by atoms with Crippen LogP contribution >= 0.6 is 0 Å². The van der Waals surface area contributed by atoms with Gasteiger partial charge < -0.3 is 45.0 Å². The molecule has 0 heterocycles. The summed E-state index contributed by atoms with van der Waals surface area (Å²) in [5.41, 5.74) is 0. The van der Waals surface area contributed by atoms with Crippen LogP contribution < -0.4 is 30.6 Å². The summed E-state index contributed by atoms with van der Waals surface area (Å²) in [6.07, 6.45) is 1.00. The summed E-state index contributed by atoms with van der Waals surface area (Å²) in [5, 5.41) is 50.0. The monoisotopic (exact) mass is 268 g/mol. The maximum absolute atomic E-state index is 8.75. The number of hydrogen-bond donors (Lipinski definition) is 0. The summed E-state index contributed by atoms with van der Waals surface area (Å²) >= 11 is 0. The second-order valence-electron chi connectivity index (χ2n) is 0.750. The van der Waals surface area contributed by atoms with Crippen LogP contribution in [0.3, 0.4) is 0 Å². The average Bonchev–Trinajstić information content (AvgIpc) is 2.23. The Morgan fingerprint density at radius 1 is 0.611 bits per heavy atom. The minimum atomic E-state index is -2.33. The fraction of sp³-hybridized carbons (Fsp3) is 0. The molecule has 0 saturated carbocycles. The van der Waals surface area contributed by atoms with Gasteiger partial charge >= 0.3 is 23.1 Å². The second-order valence-corrected chi connectivity index (χ2v) is 0.750. The second kappa shape index (κ2) is 64.2. The molecule has 11 heteroatoms. The van der Waals surface area contributed by atoms with Gasteiger partial charge in [0.2, 0.25) is 0 Å². The fourth-order valence-corrected chi connectivity index (χ4v) is 0. The van der Waals surface area contributed by atoms with Crippen molar-refractivity contribution >= 4 is 18.5 Å². The zero-order valence-electron chi connectivity index (χ0n) is 8.08. The molecule has 0 rings (SSSR count). The SMILES string of the molecule is C#C.O=C([O-])[O-].O=C([O-])[O-].O=C([O-])[O-].[C+3]F.[C+3]F. The van der Waals surface area contributed by atoms with E-state index in [1.807, 2.05) is 0 Å². The van der Waals surface area contributed by atoms with Crippen LogP contribution in [-0.2, 0) is 0 Å². The van der Waals surface area contributed by atoms with Crippen LogP contribution in [0, 0.1) is 27.2 Å². The van der Waals surface area contributed by atoms with E-state index in [2.05, 4.69) is 27.2 Å². The van der Waals surface area contributed by atoms with E-state index in [1.165, 1.54) is 0 Å². The normalized spacial score (nSPS) is 4.89. The molecule has 0 aliphatic carbocycles. The van der Waals surface area contributed by atoms with Gasteiger partial charge in [0.05, 0.1) is 0 Å². The van der Waals surface area contributed by atoms with Crippen molar-refractivity contribution in [1.29, 1.82) is 0 Å². The van der Waals surface area contributed by atoms with Crippen molar-refractivity contribution in [2.75, 3.05) is 0 Å². The van der Waals surface area contributed by atoms with Gasteiger partial charge in [-0.3, -0.25) is 0 Å². The first kappa shape index (κ1) is 36.2. The Morgan fingerprint density at radius 2 is 0.611 bits per heavy atom. The summed E-state index contributed by atoms with van der Waals surface area (Å²) in [6, 6.07) is 0. The predicted molar refractivity (Wildman–Crippen MR) is 34.8 cm³/mol. The van der Waals surface area contributed by atoms with Gasteiger partial charge in [0.25, 0.3) is 0 Å². The zero-order valence-corrected chi connectivity index (χ0v) is 8.08. The van der Waals surface area contributed by atoms with Crippen molar-refractivity contribution in [1.82, 2.24) is 0 Å². The van der Waals surface area contributed by atoms with Crippen molar-refractivity contribution < 1.29 is 53.8 Å². The molecule has 0 aromatic carbocycles. The van der Waals surface area contributed by atoms with Crippen molar-refractivity contribution in [3.63, 3.8) is 0 Å². The molecule has 0 N–H and O–H groups in total. The van der Waals surface area contributed by atoms with Crippen molar-refractivity contribution in [2.45, 2.75) is 0 Å². The van der Waals surface area contributed by atoms with E-state index in [-0.39, 0.29) is 0 Å². The fourth-order valence-electron chi connectivity index (χ4n) is 0. The quantitative estimate of drug-likeness (QED) is 0.384. The summed E-state index contributed by atoms with van der Waals surface area (Å²) in [6.45, 7) is 0. The first-order valence-electron chi connectivity index (χ1n) is 2.55. The van der Waals surface area contributed by atoms with E-state index < -0.39 is 18.5 Å². The first-order chi connectivity index (χ1) is 8.20. The Balaban J connectivity index is -0.0000000249. The molecule has 0 spiro atoms. The molecular weight excluding hydrogens is 266 g/mol. The molecule has 0 bridgehead atoms. The number of carboxylic acid groups (broad SMARTS) is 6. The molecule has 0 aliphatic rings. The molecule has 0 fully saturated rings. The average molecular weight is 268 g/mol. The summed E-state index contributed by atoms with van der Waals surface area (Å²) in [5.74, 6) is 0. The van der Waals surface area contributed by atoms with Gasteiger partial charge in [0.1, 0.15) is 0 Å². The summed E-state index contributed by atoms with van der Waals surface area (Å²) in [7, 11) is 8.50. The Kier molecular flexibility index (Phi) is 129. The zero-order chi connectivity index (χ0) is 16.7. The molecule has 0 aromatic rings. The summed E-state index contributed by atoms with van der Waals surface area (Å²) < 4.78 is 17.5. The molecule has 0 unspecified atom stereocenters. The minimum absolute atomic E-state index is 2.33. The number of carbonyl (C=O) groups excluding carboxylic acids is 3. The molecule has 98 valence electrons. The van der Waals surface area contributed by atoms with Gasteiger partial charge in [-0.1, -0.05) is 0 Å². The third-order valence-electron chi connectivity index (χ3n) is 0. The number of carbonyl (C=O) groups is 3. The molecule has 0 radical (unpaired) electrons. The Labute approximate surface area is 101 Å². The Bertz CT molecular complexity index is 152. The number of rotatable bonds is 0. The molecule has 0 aliphatic heterocycles. The third kappa shape index (κ3) is 258. The topological polar surface area (TPSA) is 190 Å². The van der Waals surface area contributed by atoms with Crippen LogP contribution in [0.5, 0.6) is 0 Å². The van der Waals surface area contributed by atoms with E-state index in [9.17, 15) is 0 Å². The van der Waals surface area contributed by atoms with Crippen molar-refractivity contribution in [3.8, 4) is 12.8 Å². The van der Waals surface area contributed by atoms with E-state index in [0.717, 1.165) is 0 Å². The van der Waals surface area contributed by atoms with E-state index in [0.29, 0.717) is 0 Å². The molecule has 0 amide bonds. The standard InChI is InChI=1S/C2H2.2CF.3CH2O3/c3*1-2;3*2-1(3)4/h1-2H;;;3*(H2,2,3,4)/q;2*+3;;;/p-6.